The fourth-order valence-electron chi connectivity index (χ4n) is 0.857. The van der Waals surface area contributed by atoms with Gasteiger partial charge in [-0.2, -0.15) is 8.78 Å². The molecule has 0 aliphatic rings. The van der Waals surface area contributed by atoms with E-state index in [1.165, 1.54) is 0 Å². The van der Waals surface area contributed by atoms with Crippen LogP contribution in [0.1, 0.15) is 10.4 Å². The Labute approximate surface area is 85.8 Å². The van der Waals surface area contributed by atoms with Gasteiger partial charge in [0.05, 0.1) is 10.0 Å². The van der Waals surface area contributed by atoms with Gasteiger partial charge < -0.3 is 4.74 Å². The zero-order valence-electron chi connectivity index (χ0n) is 6.64. The molecule has 2 nitrogen and oxygen atoms in total. The van der Waals surface area contributed by atoms with E-state index in [-0.39, 0.29) is 22.1 Å². The number of aldehydes is 1. The average Bonchev–Trinajstić information content (AvgIpc) is 2.11. The normalized spacial score (nSPS) is 10.4. The summed E-state index contributed by atoms with van der Waals surface area (Å²) in [6.45, 7) is -3.05. The third-order valence-corrected chi connectivity index (χ3v) is 2.23. The van der Waals surface area contributed by atoms with Crippen LogP contribution in [0.2, 0.25) is 0 Å². The van der Waals surface area contributed by atoms with Crippen molar-refractivity contribution in [2.24, 2.45) is 0 Å². The standard InChI is InChI=1S/C8H4BrF3O2/c9-7-4(3-13)6(14-8(11)12)2-1-5(7)10/h1-3,8H. The van der Waals surface area contributed by atoms with Gasteiger partial charge in [-0.05, 0) is 28.1 Å². The van der Waals surface area contributed by atoms with Crippen LogP contribution in [0.5, 0.6) is 5.75 Å². The second kappa shape index (κ2) is 4.45. The first-order chi connectivity index (χ1) is 6.56. The average molecular weight is 269 g/mol. The highest BCUT2D eigenvalue weighted by Crippen LogP contribution is 2.28. The minimum atomic E-state index is -3.05. The molecule has 0 bridgehead atoms. The summed E-state index contributed by atoms with van der Waals surface area (Å²) < 4.78 is 40.3. The SMILES string of the molecule is O=Cc1c(OC(F)F)ccc(F)c1Br. The van der Waals surface area contributed by atoms with Crippen LogP contribution < -0.4 is 4.74 Å². The first kappa shape index (κ1) is 11.0. The molecule has 1 aromatic rings. The summed E-state index contributed by atoms with van der Waals surface area (Å²) in [4.78, 5) is 10.5. The van der Waals surface area contributed by atoms with E-state index in [9.17, 15) is 18.0 Å². The molecule has 0 unspecified atom stereocenters. The second-order valence-electron chi connectivity index (χ2n) is 2.27. The molecule has 0 radical (unpaired) electrons. The van der Waals surface area contributed by atoms with Crippen molar-refractivity contribution in [2.45, 2.75) is 6.61 Å². The Morgan fingerprint density at radius 3 is 2.57 bits per heavy atom. The summed E-state index contributed by atoms with van der Waals surface area (Å²) in [5.41, 5.74) is -0.273. The summed E-state index contributed by atoms with van der Waals surface area (Å²) in [5, 5.41) is 0. The van der Waals surface area contributed by atoms with Crippen LogP contribution in [0.3, 0.4) is 0 Å². The van der Waals surface area contributed by atoms with Gasteiger partial charge in [0.25, 0.3) is 0 Å². The van der Waals surface area contributed by atoms with E-state index in [0.717, 1.165) is 12.1 Å². The molecule has 0 saturated carbocycles. The van der Waals surface area contributed by atoms with Gasteiger partial charge in [-0.25, -0.2) is 4.39 Å². The topological polar surface area (TPSA) is 26.3 Å². The van der Waals surface area contributed by atoms with Crippen molar-refractivity contribution in [3.8, 4) is 5.75 Å². The van der Waals surface area contributed by atoms with Gasteiger partial charge in [-0.15, -0.1) is 0 Å². The first-order valence-electron chi connectivity index (χ1n) is 3.44. The van der Waals surface area contributed by atoms with E-state index in [0.29, 0.717) is 0 Å². The lowest BCUT2D eigenvalue weighted by Crippen LogP contribution is -2.05. The van der Waals surface area contributed by atoms with Crippen molar-refractivity contribution in [3.05, 3.63) is 28.0 Å². The molecule has 0 amide bonds. The van der Waals surface area contributed by atoms with Gasteiger partial charge >= 0.3 is 6.61 Å². The second-order valence-corrected chi connectivity index (χ2v) is 3.06. The molecule has 0 heterocycles. The molecule has 14 heavy (non-hydrogen) atoms. The van der Waals surface area contributed by atoms with E-state index in [4.69, 9.17) is 0 Å². The molecule has 0 atom stereocenters. The van der Waals surface area contributed by atoms with Crippen LogP contribution in [-0.4, -0.2) is 12.9 Å². The monoisotopic (exact) mass is 268 g/mol. The van der Waals surface area contributed by atoms with E-state index >= 15 is 0 Å². The van der Waals surface area contributed by atoms with Crippen LogP contribution in [0.4, 0.5) is 13.2 Å². The third-order valence-electron chi connectivity index (χ3n) is 1.43. The van der Waals surface area contributed by atoms with E-state index < -0.39 is 12.4 Å². The van der Waals surface area contributed by atoms with Crippen molar-refractivity contribution in [3.63, 3.8) is 0 Å². The maximum atomic E-state index is 12.8. The minimum Gasteiger partial charge on any atom is -0.434 e. The predicted octanol–water partition coefficient (Wildman–Crippen LogP) is 3.00. The smallest absolute Gasteiger partial charge is 0.387 e. The Kier molecular flexibility index (Phi) is 3.51. The summed E-state index contributed by atoms with van der Waals surface area (Å²) in [5.74, 6) is -1.07. The number of ether oxygens (including phenoxy) is 1. The van der Waals surface area contributed by atoms with Crippen molar-refractivity contribution in [2.75, 3.05) is 0 Å². The largest absolute Gasteiger partial charge is 0.434 e. The molecule has 0 spiro atoms. The Balaban J connectivity index is 3.17. The van der Waals surface area contributed by atoms with E-state index in [1.807, 2.05) is 0 Å². The van der Waals surface area contributed by atoms with E-state index in [1.54, 1.807) is 0 Å². The number of alkyl halides is 2. The highest BCUT2D eigenvalue weighted by atomic mass is 79.9. The minimum absolute atomic E-state index is 0.189. The molecule has 0 aliphatic carbocycles. The Bertz CT molecular complexity index is 355. The lowest BCUT2D eigenvalue weighted by atomic mass is 10.2. The van der Waals surface area contributed by atoms with Crippen LogP contribution >= 0.6 is 15.9 Å². The summed E-state index contributed by atoms with van der Waals surface area (Å²) in [6, 6.07) is 1.89. The van der Waals surface area contributed by atoms with Crippen molar-refractivity contribution in [1.29, 1.82) is 0 Å². The maximum absolute atomic E-state index is 12.8. The molecule has 6 heteroatoms. The fourth-order valence-corrected chi connectivity index (χ4v) is 1.28. The van der Waals surface area contributed by atoms with Gasteiger partial charge in [0.15, 0.2) is 6.29 Å². The molecule has 0 saturated heterocycles. The molecule has 0 N–H and O–H groups in total. The van der Waals surface area contributed by atoms with Crippen molar-refractivity contribution < 1.29 is 22.7 Å². The highest BCUT2D eigenvalue weighted by molar-refractivity contribution is 9.10. The van der Waals surface area contributed by atoms with Crippen molar-refractivity contribution in [1.82, 2.24) is 0 Å². The summed E-state index contributed by atoms with van der Waals surface area (Å²) in [7, 11) is 0. The fraction of sp³-hybridized carbons (Fsp3) is 0.125. The van der Waals surface area contributed by atoms with Gasteiger partial charge in [0, 0.05) is 0 Å². The number of hydrogen-bond donors (Lipinski definition) is 0. The van der Waals surface area contributed by atoms with Crippen LogP contribution in [0.25, 0.3) is 0 Å². The maximum Gasteiger partial charge on any atom is 0.387 e. The summed E-state index contributed by atoms with van der Waals surface area (Å²) >= 11 is 2.75. The zero-order valence-corrected chi connectivity index (χ0v) is 8.22. The zero-order chi connectivity index (χ0) is 10.7. The van der Waals surface area contributed by atoms with Crippen LogP contribution in [0.15, 0.2) is 16.6 Å². The Morgan fingerprint density at radius 1 is 1.43 bits per heavy atom. The van der Waals surface area contributed by atoms with Crippen LogP contribution in [0, 0.1) is 5.82 Å². The lowest BCUT2D eigenvalue weighted by Gasteiger charge is -2.08. The third kappa shape index (κ3) is 2.25. The van der Waals surface area contributed by atoms with Gasteiger partial charge in [-0.3, -0.25) is 4.79 Å². The summed E-state index contributed by atoms with van der Waals surface area (Å²) in [6.07, 6.45) is 0.241. The molecule has 0 fully saturated rings. The molecule has 0 aliphatic heterocycles. The van der Waals surface area contributed by atoms with Crippen molar-refractivity contribution >= 4 is 22.2 Å². The number of rotatable bonds is 3. The predicted molar refractivity (Wildman–Crippen MR) is 46.1 cm³/mol. The Morgan fingerprint density at radius 2 is 2.07 bits per heavy atom. The number of halogens is 4. The van der Waals surface area contributed by atoms with E-state index in [2.05, 4.69) is 20.7 Å². The van der Waals surface area contributed by atoms with Gasteiger partial charge in [0.1, 0.15) is 11.6 Å². The Hall–Kier alpha value is -1.04. The van der Waals surface area contributed by atoms with Gasteiger partial charge in [-0.1, -0.05) is 0 Å². The molecule has 1 aromatic carbocycles. The highest BCUT2D eigenvalue weighted by Gasteiger charge is 2.14. The lowest BCUT2D eigenvalue weighted by molar-refractivity contribution is -0.0501. The van der Waals surface area contributed by atoms with Gasteiger partial charge in [0.2, 0.25) is 0 Å². The number of hydrogen-bond acceptors (Lipinski definition) is 2. The molecular weight excluding hydrogens is 265 g/mol. The number of benzene rings is 1. The molecule has 0 aromatic heterocycles. The van der Waals surface area contributed by atoms with Crippen LogP contribution in [-0.2, 0) is 0 Å². The molecule has 1 rings (SSSR count). The quantitative estimate of drug-likeness (QED) is 0.788. The molecular formula is C8H4BrF3O2. The number of carbonyl (C=O) groups excluding carboxylic acids is 1. The molecule has 76 valence electrons. The first-order valence-corrected chi connectivity index (χ1v) is 4.23. The number of carbonyl (C=O) groups is 1.